The van der Waals surface area contributed by atoms with E-state index < -0.39 is 38.3 Å². The smallest absolute Gasteiger partial charge is 0.264 e. The topological polar surface area (TPSA) is 138 Å². The molecule has 10 nitrogen and oxygen atoms in total. The lowest BCUT2D eigenvalue weighted by Crippen LogP contribution is -2.38. The van der Waals surface area contributed by atoms with Crippen molar-refractivity contribution in [2.45, 2.75) is 9.79 Å². The Morgan fingerprint density at radius 3 is 2.16 bits per heavy atom. The average Bonchev–Trinajstić information content (AvgIpc) is 2.90. The first kappa shape index (κ1) is 27.0. The van der Waals surface area contributed by atoms with Crippen LogP contribution in [-0.4, -0.2) is 39.3 Å². The molecule has 0 aliphatic rings. The largest absolute Gasteiger partial charge is 0.325 e. The van der Waals surface area contributed by atoms with Gasteiger partial charge in [-0.2, -0.15) is 0 Å². The summed E-state index contributed by atoms with van der Waals surface area (Å²) in [5, 5.41) is 2.21. The molecule has 0 unspecified atom stereocenters. The van der Waals surface area contributed by atoms with Gasteiger partial charge in [0.15, 0.2) is 0 Å². The predicted octanol–water partition coefficient (Wildman–Crippen LogP) is 3.90. The third kappa shape index (κ3) is 6.25. The fourth-order valence-corrected chi connectivity index (χ4v) is 5.82. The van der Waals surface area contributed by atoms with E-state index in [-0.39, 0.29) is 32.1 Å². The van der Waals surface area contributed by atoms with E-state index in [1.54, 1.807) is 6.07 Å². The van der Waals surface area contributed by atoms with Gasteiger partial charge < -0.3 is 5.32 Å². The second-order valence-corrected chi connectivity index (χ2v) is 11.6. The molecule has 0 aliphatic carbocycles. The molecular weight excluding hydrogens is 557 g/mol. The van der Waals surface area contributed by atoms with Crippen LogP contribution in [0.15, 0.2) is 101 Å². The molecule has 0 bridgehead atoms. The molecule has 1 heterocycles. The van der Waals surface area contributed by atoms with Gasteiger partial charge in [-0.1, -0.05) is 29.8 Å². The lowest BCUT2D eigenvalue weighted by molar-refractivity contribution is -0.114. The zero-order valence-corrected chi connectivity index (χ0v) is 21.7. The number of hydrogen-bond donors (Lipinski definition) is 2. The molecule has 14 heteroatoms. The fraction of sp³-hybridized carbons (Fsp3) is 0.0417. The van der Waals surface area contributed by atoms with Crippen LogP contribution in [0.4, 0.5) is 21.7 Å². The fourth-order valence-electron chi connectivity index (χ4n) is 3.25. The van der Waals surface area contributed by atoms with E-state index in [2.05, 4.69) is 20.0 Å². The number of rotatable bonds is 9. The van der Waals surface area contributed by atoms with Crippen molar-refractivity contribution < 1.29 is 26.0 Å². The maximum atomic E-state index is 13.7. The summed E-state index contributed by atoms with van der Waals surface area (Å²) in [5.74, 6) is -1.60. The van der Waals surface area contributed by atoms with Crippen molar-refractivity contribution in [3.8, 4) is 0 Å². The van der Waals surface area contributed by atoms with Crippen LogP contribution in [0.1, 0.15) is 0 Å². The van der Waals surface area contributed by atoms with E-state index in [9.17, 15) is 26.0 Å². The van der Waals surface area contributed by atoms with Gasteiger partial charge in [-0.15, -0.1) is 0 Å². The molecule has 2 N–H and O–H groups in total. The number of aromatic nitrogens is 2. The molecule has 0 fully saturated rings. The van der Waals surface area contributed by atoms with Gasteiger partial charge in [-0.3, -0.25) is 9.10 Å². The van der Waals surface area contributed by atoms with E-state index in [1.807, 2.05) is 0 Å². The molecule has 0 saturated heterocycles. The molecule has 1 aromatic heterocycles. The Kier molecular flexibility index (Phi) is 7.90. The van der Waals surface area contributed by atoms with Crippen molar-refractivity contribution in [3.05, 3.63) is 102 Å². The first-order valence-corrected chi connectivity index (χ1v) is 14.1. The first-order valence-electron chi connectivity index (χ1n) is 10.8. The zero-order valence-electron chi connectivity index (χ0n) is 19.3. The Morgan fingerprint density at radius 2 is 1.53 bits per heavy atom. The number of anilines is 3. The third-order valence-electron chi connectivity index (χ3n) is 5.05. The van der Waals surface area contributed by atoms with Crippen LogP contribution in [0.5, 0.6) is 0 Å². The summed E-state index contributed by atoms with van der Waals surface area (Å²) >= 11 is 5.86. The van der Waals surface area contributed by atoms with Crippen LogP contribution in [0.25, 0.3) is 0 Å². The molecule has 3 aromatic carbocycles. The highest BCUT2D eigenvalue weighted by Crippen LogP contribution is 2.28. The number of nitrogens with zero attached hydrogens (tertiary/aromatic N) is 3. The molecule has 0 spiro atoms. The predicted molar refractivity (Wildman–Crippen MR) is 140 cm³/mol. The lowest BCUT2D eigenvalue weighted by Gasteiger charge is -2.24. The Labute approximate surface area is 223 Å². The third-order valence-corrected chi connectivity index (χ3v) is 8.47. The second-order valence-electron chi connectivity index (χ2n) is 7.67. The van der Waals surface area contributed by atoms with Gasteiger partial charge in [0.25, 0.3) is 20.0 Å². The molecule has 4 rings (SSSR count). The first-order chi connectivity index (χ1) is 18.1. The average molecular weight is 576 g/mol. The molecule has 0 atom stereocenters. The molecule has 38 heavy (non-hydrogen) atoms. The molecule has 0 saturated carbocycles. The minimum absolute atomic E-state index is 0.0222. The number of halogens is 2. The Balaban J connectivity index is 1.54. The summed E-state index contributed by atoms with van der Waals surface area (Å²) < 4.78 is 68.5. The highest BCUT2D eigenvalue weighted by atomic mass is 35.5. The highest BCUT2D eigenvalue weighted by Gasteiger charge is 2.28. The number of carbonyl (C=O) groups excluding carboxylic acids is 1. The van der Waals surface area contributed by atoms with Gasteiger partial charge in [0.05, 0.1) is 20.5 Å². The summed E-state index contributed by atoms with van der Waals surface area (Å²) in [6.45, 7) is -0.674. The number of carbonyl (C=O) groups is 1. The Hall–Kier alpha value is -4.07. The summed E-state index contributed by atoms with van der Waals surface area (Å²) in [7, 11) is -8.22. The van der Waals surface area contributed by atoms with Gasteiger partial charge in [-0.05, 0) is 60.7 Å². The van der Waals surface area contributed by atoms with Gasteiger partial charge >= 0.3 is 0 Å². The SMILES string of the molecule is O=C(CN(c1ccc(F)c(Cl)c1)S(=O)(=O)c1ccccc1)Nc1ccc(S(=O)(=O)Nc2ncccn2)cc1. The Morgan fingerprint density at radius 1 is 0.868 bits per heavy atom. The van der Waals surface area contributed by atoms with Crippen molar-refractivity contribution in [1.29, 1.82) is 0 Å². The Bertz CT molecular complexity index is 1660. The van der Waals surface area contributed by atoms with Crippen molar-refractivity contribution in [2.24, 2.45) is 0 Å². The van der Waals surface area contributed by atoms with E-state index in [4.69, 9.17) is 11.6 Å². The van der Waals surface area contributed by atoms with E-state index >= 15 is 0 Å². The summed E-state index contributed by atoms with van der Waals surface area (Å²) in [6.07, 6.45) is 2.76. The molecule has 4 aromatic rings. The number of nitrogens with one attached hydrogen (secondary N) is 2. The summed E-state index contributed by atoms with van der Waals surface area (Å²) in [4.78, 5) is 20.3. The maximum Gasteiger partial charge on any atom is 0.264 e. The molecule has 0 aliphatic heterocycles. The lowest BCUT2D eigenvalue weighted by atomic mass is 10.3. The van der Waals surface area contributed by atoms with E-state index in [1.165, 1.54) is 73.1 Å². The van der Waals surface area contributed by atoms with Gasteiger partial charge in [0.1, 0.15) is 12.4 Å². The highest BCUT2D eigenvalue weighted by molar-refractivity contribution is 7.93. The molecular formula is C24H19ClFN5O5S2. The van der Waals surface area contributed by atoms with Crippen LogP contribution < -0.4 is 14.3 Å². The van der Waals surface area contributed by atoms with Gasteiger partial charge in [0.2, 0.25) is 11.9 Å². The standard InChI is InChI=1S/C24H19ClFN5O5S2/c25-21-15-18(9-12-22(21)26)31(38(35,36)20-5-2-1-3-6-20)16-23(32)29-17-7-10-19(11-8-17)37(33,34)30-24-27-13-4-14-28-24/h1-15H,16H2,(H,29,32)(H,27,28,30). The van der Waals surface area contributed by atoms with Crippen LogP contribution in [0.2, 0.25) is 5.02 Å². The monoisotopic (exact) mass is 575 g/mol. The van der Waals surface area contributed by atoms with Crippen molar-refractivity contribution in [2.75, 3.05) is 20.9 Å². The maximum absolute atomic E-state index is 13.7. The molecule has 196 valence electrons. The van der Waals surface area contributed by atoms with Crippen molar-refractivity contribution in [3.63, 3.8) is 0 Å². The van der Waals surface area contributed by atoms with E-state index in [0.717, 1.165) is 16.4 Å². The normalized spacial score (nSPS) is 11.5. The summed E-state index contributed by atoms with van der Waals surface area (Å²) in [5.41, 5.74) is 0.185. The minimum Gasteiger partial charge on any atom is -0.325 e. The van der Waals surface area contributed by atoms with Crippen LogP contribution in [-0.2, 0) is 24.8 Å². The quantitative estimate of drug-likeness (QED) is 0.308. The van der Waals surface area contributed by atoms with Crippen molar-refractivity contribution >= 4 is 54.9 Å². The molecule has 1 amide bonds. The summed E-state index contributed by atoms with van der Waals surface area (Å²) in [6, 6.07) is 17.4. The second kappa shape index (κ2) is 11.1. The number of amides is 1. The van der Waals surface area contributed by atoms with E-state index in [0.29, 0.717) is 0 Å². The number of benzene rings is 3. The number of sulfonamides is 2. The minimum atomic E-state index is -4.23. The van der Waals surface area contributed by atoms with Crippen LogP contribution >= 0.6 is 11.6 Å². The van der Waals surface area contributed by atoms with Gasteiger partial charge in [-0.25, -0.2) is 35.9 Å². The van der Waals surface area contributed by atoms with Crippen molar-refractivity contribution in [1.82, 2.24) is 9.97 Å². The zero-order chi connectivity index (χ0) is 27.3. The van der Waals surface area contributed by atoms with Crippen LogP contribution in [0.3, 0.4) is 0 Å². The van der Waals surface area contributed by atoms with Gasteiger partial charge in [0, 0.05) is 18.1 Å². The van der Waals surface area contributed by atoms with Crippen LogP contribution in [0, 0.1) is 5.82 Å². The molecule has 0 radical (unpaired) electrons. The number of hydrogen-bond acceptors (Lipinski definition) is 7.